The highest BCUT2D eigenvalue weighted by molar-refractivity contribution is 5.85. The van der Waals surface area contributed by atoms with E-state index in [0.717, 1.165) is 22.7 Å². The molecule has 6 nitrogen and oxygen atoms in total. The molecule has 1 aliphatic carbocycles. The molecule has 0 spiro atoms. The van der Waals surface area contributed by atoms with Crippen molar-refractivity contribution in [1.29, 1.82) is 0 Å². The zero-order valence-corrected chi connectivity index (χ0v) is 13.2. The van der Waals surface area contributed by atoms with Crippen LogP contribution >= 0.6 is 0 Å². The first kappa shape index (κ1) is 14.5. The number of morpholine rings is 1. The van der Waals surface area contributed by atoms with Gasteiger partial charge in [-0.15, -0.1) is 0 Å². The molecule has 23 heavy (non-hydrogen) atoms. The van der Waals surface area contributed by atoms with Gasteiger partial charge in [-0.1, -0.05) is 0 Å². The quantitative estimate of drug-likeness (QED) is 0.938. The van der Waals surface area contributed by atoms with Gasteiger partial charge in [-0.25, -0.2) is 4.98 Å². The van der Waals surface area contributed by atoms with Crippen LogP contribution in [0.4, 0.5) is 5.69 Å². The number of nitrogens with one attached hydrogen (secondary N) is 1. The van der Waals surface area contributed by atoms with E-state index in [4.69, 9.17) is 9.15 Å². The normalized spacial score (nSPS) is 19.8. The van der Waals surface area contributed by atoms with Crippen LogP contribution in [0.5, 0.6) is 0 Å². The molecule has 0 radical (unpaired) electrons. The van der Waals surface area contributed by atoms with Gasteiger partial charge in [-0.2, -0.15) is 0 Å². The van der Waals surface area contributed by atoms with Crippen LogP contribution in [0.25, 0.3) is 11.1 Å². The highest BCUT2D eigenvalue weighted by Gasteiger charge is 2.29. The molecule has 1 amide bonds. The van der Waals surface area contributed by atoms with E-state index in [0.29, 0.717) is 32.2 Å². The van der Waals surface area contributed by atoms with E-state index < -0.39 is 0 Å². The van der Waals surface area contributed by atoms with Crippen molar-refractivity contribution < 1.29 is 13.9 Å². The Balaban J connectivity index is 1.46. The maximum absolute atomic E-state index is 12.4. The number of carbonyl (C=O) groups is 1. The minimum absolute atomic E-state index is 0.104. The van der Waals surface area contributed by atoms with Gasteiger partial charge in [0.1, 0.15) is 11.6 Å². The summed E-state index contributed by atoms with van der Waals surface area (Å²) >= 11 is 0. The number of hydrogen-bond donors (Lipinski definition) is 1. The summed E-state index contributed by atoms with van der Waals surface area (Å²) < 4.78 is 11.1. The Morgan fingerprint density at radius 3 is 2.87 bits per heavy atom. The fourth-order valence-corrected chi connectivity index (χ4v) is 2.91. The first-order chi connectivity index (χ1) is 11.2. The van der Waals surface area contributed by atoms with E-state index in [2.05, 4.69) is 10.3 Å². The van der Waals surface area contributed by atoms with Crippen LogP contribution in [-0.2, 0) is 9.53 Å². The lowest BCUT2D eigenvalue weighted by atomic mass is 10.2. The number of aromatic nitrogens is 1. The summed E-state index contributed by atoms with van der Waals surface area (Å²) in [4.78, 5) is 18.8. The summed E-state index contributed by atoms with van der Waals surface area (Å²) in [6, 6.07) is 5.53. The summed E-state index contributed by atoms with van der Waals surface area (Å²) in [6.45, 7) is 4.46. The van der Waals surface area contributed by atoms with Crippen LogP contribution in [0.2, 0.25) is 0 Å². The maximum Gasteiger partial charge on any atom is 0.244 e. The molecule has 2 fully saturated rings. The van der Waals surface area contributed by atoms with Crippen LogP contribution < -0.4 is 5.32 Å². The van der Waals surface area contributed by atoms with E-state index in [1.54, 1.807) is 0 Å². The third-order valence-electron chi connectivity index (χ3n) is 4.41. The Kier molecular flexibility index (Phi) is 3.69. The minimum Gasteiger partial charge on any atom is -0.440 e. The third-order valence-corrected chi connectivity index (χ3v) is 4.41. The molecule has 1 aromatic carbocycles. The van der Waals surface area contributed by atoms with E-state index in [1.807, 2.05) is 30.0 Å². The van der Waals surface area contributed by atoms with Crippen LogP contribution in [0.15, 0.2) is 22.6 Å². The number of benzene rings is 1. The van der Waals surface area contributed by atoms with Gasteiger partial charge in [0, 0.05) is 24.7 Å². The van der Waals surface area contributed by atoms with Crippen molar-refractivity contribution in [2.24, 2.45) is 0 Å². The van der Waals surface area contributed by atoms with E-state index in [-0.39, 0.29) is 11.9 Å². The lowest BCUT2D eigenvalue weighted by molar-refractivity contribution is -0.135. The maximum atomic E-state index is 12.4. The molecule has 1 N–H and O–H groups in total. The monoisotopic (exact) mass is 315 g/mol. The van der Waals surface area contributed by atoms with Crippen molar-refractivity contribution in [3.63, 3.8) is 0 Å². The molecular formula is C17H21N3O3. The van der Waals surface area contributed by atoms with Crippen LogP contribution in [0.1, 0.15) is 31.6 Å². The zero-order valence-electron chi connectivity index (χ0n) is 13.2. The van der Waals surface area contributed by atoms with Gasteiger partial charge >= 0.3 is 0 Å². The topological polar surface area (TPSA) is 67.6 Å². The Labute approximate surface area is 134 Å². The molecule has 2 aliphatic rings. The number of oxazole rings is 1. The lowest BCUT2D eigenvalue weighted by Gasteiger charge is -2.29. The first-order valence-electron chi connectivity index (χ1n) is 8.24. The molecule has 2 heterocycles. The van der Waals surface area contributed by atoms with Gasteiger partial charge < -0.3 is 19.4 Å². The van der Waals surface area contributed by atoms with Crippen molar-refractivity contribution in [2.45, 2.75) is 31.7 Å². The summed E-state index contributed by atoms with van der Waals surface area (Å²) in [5, 5.41) is 3.27. The second-order valence-corrected chi connectivity index (χ2v) is 6.31. The number of amides is 1. The van der Waals surface area contributed by atoms with Gasteiger partial charge in [0.05, 0.1) is 13.2 Å². The number of anilines is 1. The third kappa shape index (κ3) is 3.03. The predicted octanol–water partition coefficient (Wildman–Crippen LogP) is 2.36. The fourth-order valence-electron chi connectivity index (χ4n) is 2.91. The molecule has 4 rings (SSSR count). The second-order valence-electron chi connectivity index (χ2n) is 6.31. The van der Waals surface area contributed by atoms with Crippen molar-refractivity contribution >= 4 is 22.7 Å². The van der Waals surface area contributed by atoms with Gasteiger partial charge in [0.2, 0.25) is 5.91 Å². The average Bonchev–Trinajstić information content (AvgIpc) is 3.34. The molecule has 1 saturated heterocycles. The lowest BCUT2D eigenvalue weighted by Crippen LogP contribution is -2.46. The number of fused-ring (bicyclic) bond motifs is 1. The Morgan fingerprint density at radius 2 is 2.13 bits per heavy atom. The Bertz CT molecular complexity index is 717. The molecular weight excluding hydrogens is 294 g/mol. The van der Waals surface area contributed by atoms with Gasteiger partial charge in [0.25, 0.3) is 0 Å². The highest BCUT2D eigenvalue weighted by atomic mass is 16.5. The molecule has 1 unspecified atom stereocenters. The van der Waals surface area contributed by atoms with Crippen molar-refractivity contribution in [3.8, 4) is 0 Å². The largest absolute Gasteiger partial charge is 0.440 e. The number of carbonyl (C=O) groups excluding carboxylic acids is 1. The molecule has 1 saturated carbocycles. The second kappa shape index (κ2) is 5.85. The average molecular weight is 315 g/mol. The molecule has 0 bridgehead atoms. The van der Waals surface area contributed by atoms with E-state index >= 15 is 0 Å². The molecule has 1 atom stereocenters. The van der Waals surface area contributed by atoms with E-state index in [1.165, 1.54) is 12.8 Å². The van der Waals surface area contributed by atoms with Crippen molar-refractivity contribution in [2.75, 3.05) is 31.6 Å². The summed E-state index contributed by atoms with van der Waals surface area (Å²) in [5.74, 6) is 1.45. The van der Waals surface area contributed by atoms with Gasteiger partial charge in [-0.3, -0.25) is 4.79 Å². The molecule has 122 valence electrons. The summed E-state index contributed by atoms with van der Waals surface area (Å²) in [5.41, 5.74) is 2.55. The number of nitrogens with zero attached hydrogens (tertiary/aromatic N) is 2. The standard InChI is InChI=1S/C17H21N3O3/c1-11(17(21)20-6-8-22-9-7-20)18-13-4-5-15-14(10-13)19-16(23-15)12-2-3-12/h4-5,10-12,18H,2-3,6-9H2,1H3. The molecule has 2 aromatic rings. The van der Waals surface area contributed by atoms with Crippen molar-refractivity contribution in [3.05, 3.63) is 24.1 Å². The van der Waals surface area contributed by atoms with Crippen molar-refractivity contribution in [1.82, 2.24) is 9.88 Å². The summed E-state index contributed by atoms with van der Waals surface area (Å²) in [7, 11) is 0. The zero-order chi connectivity index (χ0) is 15.8. The fraction of sp³-hybridized carbons (Fsp3) is 0.529. The predicted molar refractivity (Wildman–Crippen MR) is 86.5 cm³/mol. The number of ether oxygens (including phenoxy) is 1. The van der Waals surface area contributed by atoms with Gasteiger partial charge in [0.15, 0.2) is 11.5 Å². The van der Waals surface area contributed by atoms with Crippen LogP contribution in [0, 0.1) is 0 Å². The Morgan fingerprint density at radius 1 is 1.35 bits per heavy atom. The van der Waals surface area contributed by atoms with Crippen LogP contribution in [0.3, 0.4) is 0 Å². The molecule has 1 aliphatic heterocycles. The van der Waals surface area contributed by atoms with E-state index in [9.17, 15) is 4.79 Å². The first-order valence-corrected chi connectivity index (χ1v) is 8.24. The highest BCUT2D eigenvalue weighted by Crippen LogP contribution is 2.40. The number of rotatable bonds is 4. The molecule has 6 heteroatoms. The molecule has 1 aromatic heterocycles. The SMILES string of the molecule is CC(Nc1ccc2oc(C3CC3)nc2c1)C(=O)N1CCOCC1. The van der Waals surface area contributed by atoms with Gasteiger partial charge in [-0.05, 0) is 38.0 Å². The Hall–Kier alpha value is -2.08. The number of hydrogen-bond acceptors (Lipinski definition) is 5. The minimum atomic E-state index is -0.277. The smallest absolute Gasteiger partial charge is 0.244 e. The summed E-state index contributed by atoms with van der Waals surface area (Å²) in [6.07, 6.45) is 2.34. The van der Waals surface area contributed by atoms with Crippen LogP contribution in [-0.4, -0.2) is 48.1 Å².